The van der Waals surface area contributed by atoms with Gasteiger partial charge in [-0.1, -0.05) is 35.4 Å². The highest BCUT2D eigenvalue weighted by Gasteiger charge is 2.68. The first kappa shape index (κ1) is 29.0. The second-order valence-electron chi connectivity index (χ2n) is 9.40. The van der Waals surface area contributed by atoms with Crippen LogP contribution in [0.25, 0.3) is 10.4 Å². The van der Waals surface area contributed by atoms with Gasteiger partial charge in [0.2, 0.25) is 5.91 Å². The summed E-state index contributed by atoms with van der Waals surface area (Å²) in [6.45, 7) is 3.50. The number of azide groups is 1. The van der Waals surface area contributed by atoms with E-state index in [4.69, 9.17) is 33.5 Å². The molecule has 1 amide bonds. The summed E-state index contributed by atoms with van der Waals surface area (Å²) in [7, 11) is -3.79. The van der Waals surface area contributed by atoms with Crippen LogP contribution < -0.4 is 0 Å². The molecule has 4 unspecified atom stereocenters. The zero-order chi connectivity index (χ0) is 28.0. The maximum atomic E-state index is 13.3. The number of benzene rings is 1. The summed E-state index contributed by atoms with van der Waals surface area (Å²) in [5.74, 6) is -3.58. The van der Waals surface area contributed by atoms with E-state index in [1.54, 1.807) is 19.1 Å². The van der Waals surface area contributed by atoms with Crippen molar-refractivity contribution in [3.8, 4) is 0 Å². The van der Waals surface area contributed by atoms with Crippen LogP contribution >= 0.6 is 7.60 Å². The Morgan fingerprint density at radius 1 is 1.28 bits per heavy atom. The summed E-state index contributed by atoms with van der Waals surface area (Å²) >= 11 is 0. The van der Waals surface area contributed by atoms with Crippen LogP contribution in [-0.2, 0) is 53.6 Å². The lowest BCUT2D eigenvalue weighted by atomic mass is 10.00. The molecule has 4 atom stereocenters. The standard InChI is InChI=1S/C24H31N4O10P/c1-3-35-39(32,38-16(2)22(30)33-13-17-7-5-4-6-8-17)15-18-12-28(21(18)29)10-9-19(26-27-25)14-34-23(31)24-11-20(36-24)37-24/h4-8,16,18-20H,3,9-15H2,1-2H3. The molecule has 0 radical (unpaired) electrons. The number of amides is 1. The maximum Gasteiger partial charge on any atom is 0.367 e. The van der Waals surface area contributed by atoms with Crippen molar-refractivity contribution in [1.82, 2.24) is 4.90 Å². The Balaban J connectivity index is 1.21. The summed E-state index contributed by atoms with van der Waals surface area (Å²) in [5, 5.41) is 3.63. The molecule has 5 rings (SSSR count). The highest BCUT2D eigenvalue weighted by atomic mass is 31.2. The predicted molar refractivity (Wildman–Crippen MR) is 133 cm³/mol. The fourth-order valence-electron chi connectivity index (χ4n) is 4.29. The van der Waals surface area contributed by atoms with Gasteiger partial charge >= 0.3 is 19.5 Å². The van der Waals surface area contributed by atoms with Crippen molar-refractivity contribution in [3.63, 3.8) is 0 Å². The van der Waals surface area contributed by atoms with Crippen LogP contribution in [0.5, 0.6) is 0 Å². The Morgan fingerprint density at radius 2 is 2.00 bits per heavy atom. The highest BCUT2D eigenvalue weighted by Crippen LogP contribution is 2.52. The molecule has 4 heterocycles. The quantitative estimate of drug-likeness (QED) is 0.0722. The molecular weight excluding hydrogens is 535 g/mol. The van der Waals surface area contributed by atoms with Gasteiger partial charge in [-0.3, -0.25) is 13.9 Å². The van der Waals surface area contributed by atoms with Gasteiger partial charge < -0.3 is 28.4 Å². The molecular formula is C24H31N4O10P. The lowest BCUT2D eigenvalue weighted by Gasteiger charge is -2.56. The number of β-lactam (4-membered cyclic amide) rings is 1. The largest absolute Gasteiger partial charge is 0.461 e. The average molecular weight is 567 g/mol. The van der Waals surface area contributed by atoms with Gasteiger partial charge in [0.1, 0.15) is 13.2 Å². The molecule has 39 heavy (non-hydrogen) atoms. The monoisotopic (exact) mass is 566 g/mol. The Labute approximate surface area is 225 Å². The minimum Gasteiger partial charge on any atom is -0.461 e. The van der Waals surface area contributed by atoms with E-state index in [9.17, 15) is 18.9 Å². The molecule has 1 aromatic rings. The van der Waals surface area contributed by atoms with E-state index in [0.29, 0.717) is 6.42 Å². The lowest BCUT2D eigenvalue weighted by Crippen LogP contribution is -2.72. The number of likely N-dealkylation sites (tertiary alicyclic amines) is 1. The maximum absolute atomic E-state index is 13.3. The highest BCUT2D eigenvalue weighted by molar-refractivity contribution is 7.54. The topological polar surface area (TPSA) is 176 Å². The van der Waals surface area contributed by atoms with Crippen molar-refractivity contribution in [2.75, 3.05) is 32.5 Å². The third-order valence-corrected chi connectivity index (χ3v) is 8.67. The van der Waals surface area contributed by atoms with Gasteiger partial charge in [-0.05, 0) is 31.4 Å². The molecule has 4 aliphatic heterocycles. The summed E-state index contributed by atoms with van der Waals surface area (Å²) in [6.07, 6.45) is -1.02. The molecule has 0 aliphatic carbocycles. The zero-order valence-corrected chi connectivity index (χ0v) is 22.6. The Kier molecular flexibility index (Phi) is 9.27. The van der Waals surface area contributed by atoms with E-state index in [0.717, 1.165) is 5.56 Å². The molecule has 1 aromatic carbocycles. The third kappa shape index (κ3) is 6.96. The minimum absolute atomic E-state index is 0.0430. The normalized spacial score (nSPS) is 26.0. The average Bonchev–Trinajstić information content (AvgIpc) is 2.85. The summed E-state index contributed by atoms with van der Waals surface area (Å²) in [4.78, 5) is 41.4. The lowest BCUT2D eigenvalue weighted by molar-refractivity contribution is -0.533. The number of carbonyl (C=O) groups is 3. The van der Waals surface area contributed by atoms with Crippen LogP contribution in [-0.4, -0.2) is 79.4 Å². The number of hydrogen-bond acceptors (Lipinski definition) is 11. The molecule has 14 nitrogen and oxygen atoms in total. The third-order valence-electron chi connectivity index (χ3n) is 6.49. The van der Waals surface area contributed by atoms with Gasteiger partial charge in [0.05, 0.1) is 31.1 Å². The molecule has 15 heteroatoms. The molecule has 4 aliphatic rings. The fourth-order valence-corrected chi connectivity index (χ4v) is 6.31. The van der Waals surface area contributed by atoms with Crippen molar-refractivity contribution in [1.29, 1.82) is 0 Å². The number of hydrogen-bond donors (Lipinski definition) is 0. The Bertz CT molecular complexity index is 1140. The SMILES string of the molecule is CCOP(=O)(CC1CN(CCC(COC(=O)C23CC(O2)O3)N=[N+]=[N-])C1=O)OC(C)C(=O)OCc1ccccc1. The van der Waals surface area contributed by atoms with E-state index in [2.05, 4.69) is 10.0 Å². The number of nitrogens with zero attached hydrogens (tertiary/aromatic N) is 4. The first-order chi connectivity index (χ1) is 18.7. The summed E-state index contributed by atoms with van der Waals surface area (Å²) < 4.78 is 44.8. The molecule has 4 fully saturated rings. The van der Waals surface area contributed by atoms with Crippen LogP contribution in [0.4, 0.5) is 0 Å². The van der Waals surface area contributed by atoms with E-state index in [1.165, 1.54) is 11.8 Å². The van der Waals surface area contributed by atoms with Crippen molar-refractivity contribution in [2.24, 2.45) is 11.0 Å². The van der Waals surface area contributed by atoms with Crippen molar-refractivity contribution in [3.05, 3.63) is 46.3 Å². The molecule has 212 valence electrons. The smallest absolute Gasteiger partial charge is 0.367 e. The van der Waals surface area contributed by atoms with E-state index in [-0.39, 0.29) is 57.7 Å². The summed E-state index contributed by atoms with van der Waals surface area (Å²) in [5.41, 5.74) is 9.63. The summed E-state index contributed by atoms with van der Waals surface area (Å²) in [6, 6.07) is 8.40. The molecule has 0 aromatic heterocycles. The van der Waals surface area contributed by atoms with Gasteiger partial charge in [-0.25, -0.2) is 9.59 Å². The number of rotatable bonds is 16. The van der Waals surface area contributed by atoms with Crippen LogP contribution in [0.3, 0.4) is 0 Å². The van der Waals surface area contributed by atoms with Crippen LogP contribution in [0.1, 0.15) is 32.3 Å². The number of carbonyl (C=O) groups excluding carboxylic acids is 3. The first-order valence-corrected chi connectivity index (χ1v) is 14.4. The van der Waals surface area contributed by atoms with Gasteiger partial charge in [0.15, 0.2) is 12.4 Å². The van der Waals surface area contributed by atoms with Crippen molar-refractivity contribution >= 4 is 25.4 Å². The minimum atomic E-state index is -3.79. The van der Waals surface area contributed by atoms with E-state index < -0.39 is 43.4 Å². The number of ether oxygens (including phenoxy) is 4. The second kappa shape index (κ2) is 12.5. The van der Waals surface area contributed by atoms with E-state index >= 15 is 0 Å². The van der Waals surface area contributed by atoms with Gasteiger partial charge in [0.25, 0.3) is 5.79 Å². The van der Waals surface area contributed by atoms with Gasteiger partial charge in [0, 0.05) is 18.0 Å². The Hall–Kier alpha value is -2.99. The van der Waals surface area contributed by atoms with Crippen molar-refractivity contribution < 1.29 is 46.9 Å². The van der Waals surface area contributed by atoms with E-state index in [1.807, 2.05) is 18.2 Å². The van der Waals surface area contributed by atoms with Gasteiger partial charge in [-0.2, -0.15) is 0 Å². The number of esters is 2. The zero-order valence-electron chi connectivity index (χ0n) is 21.7. The molecule has 0 spiro atoms. The van der Waals surface area contributed by atoms with Crippen LogP contribution in [0.2, 0.25) is 0 Å². The molecule has 2 bridgehead atoms. The molecule has 4 saturated heterocycles. The molecule has 0 N–H and O–H groups in total. The second-order valence-corrected chi connectivity index (χ2v) is 11.5. The molecule has 0 saturated carbocycles. The van der Waals surface area contributed by atoms with Crippen LogP contribution in [0.15, 0.2) is 35.4 Å². The van der Waals surface area contributed by atoms with Gasteiger partial charge in [-0.15, -0.1) is 0 Å². The Morgan fingerprint density at radius 3 is 2.59 bits per heavy atom. The predicted octanol–water partition coefficient (Wildman–Crippen LogP) is 2.91. The van der Waals surface area contributed by atoms with Crippen molar-refractivity contribution in [2.45, 2.75) is 57.5 Å². The fraction of sp³-hybridized carbons (Fsp3) is 0.625. The first-order valence-electron chi connectivity index (χ1n) is 12.7. The van der Waals surface area contributed by atoms with Crippen LogP contribution in [0, 0.1) is 5.92 Å².